The van der Waals surface area contributed by atoms with Crippen LogP contribution in [0.25, 0.3) is 0 Å². The smallest absolute Gasteiger partial charge is 0.241 e. The van der Waals surface area contributed by atoms with Gasteiger partial charge < -0.3 is 10.1 Å². The average Bonchev–Trinajstić information content (AvgIpc) is 2.42. The summed E-state index contributed by atoms with van der Waals surface area (Å²) in [6.45, 7) is 4.13. The van der Waals surface area contributed by atoms with E-state index in [2.05, 4.69) is 41.9 Å². The second-order valence-electron chi connectivity index (χ2n) is 4.61. The van der Waals surface area contributed by atoms with Gasteiger partial charge in [0.15, 0.2) is 0 Å². The first-order chi connectivity index (χ1) is 9.40. The van der Waals surface area contributed by atoms with Gasteiger partial charge >= 0.3 is 0 Å². The minimum Gasteiger partial charge on any atom is -0.378 e. The molecule has 1 unspecified atom stereocenters. The molecule has 1 aromatic rings. The van der Waals surface area contributed by atoms with Crippen LogP contribution >= 0.6 is 31.9 Å². The third-order valence-electron chi connectivity index (χ3n) is 3.02. The van der Waals surface area contributed by atoms with Crippen molar-refractivity contribution in [3.05, 3.63) is 26.6 Å². The molecular weight excluding hydrogens is 412 g/mol. The van der Waals surface area contributed by atoms with Crippen LogP contribution in [-0.4, -0.2) is 40.8 Å². The maximum atomic E-state index is 12.3. The van der Waals surface area contributed by atoms with Crippen LogP contribution in [0, 0.1) is 6.92 Å². The lowest BCUT2D eigenvalue weighted by atomic mass is 10.2. The zero-order valence-electron chi connectivity index (χ0n) is 10.9. The lowest BCUT2D eigenvalue weighted by Crippen LogP contribution is -2.48. The molecule has 2 N–H and O–H groups in total. The van der Waals surface area contributed by atoms with Gasteiger partial charge in [0.2, 0.25) is 10.0 Å². The molecule has 1 aromatic carbocycles. The Morgan fingerprint density at radius 3 is 2.80 bits per heavy atom. The van der Waals surface area contributed by atoms with Crippen LogP contribution < -0.4 is 10.0 Å². The molecule has 1 fully saturated rings. The average molecular weight is 428 g/mol. The van der Waals surface area contributed by atoms with Crippen LogP contribution in [0.15, 0.2) is 26.0 Å². The second kappa shape index (κ2) is 6.85. The Balaban J connectivity index is 2.11. The molecule has 0 saturated carbocycles. The zero-order chi connectivity index (χ0) is 14.8. The van der Waals surface area contributed by atoms with Crippen molar-refractivity contribution in [3.8, 4) is 0 Å². The van der Waals surface area contributed by atoms with E-state index < -0.39 is 10.0 Å². The van der Waals surface area contributed by atoms with Crippen molar-refractivity contribution in [3.63, 3.8) is 0 Å². The molecule has 20 heavy (non-hydrogen) atoms. The highest BCUT2D eigenvalue weighted by atomic mass is 79.9. The number of hydrogen-bond donors (Lipinski definition) is 2. The minimum absolute atomic E-state index is 0.00573. The maximum Gasteiger partial charge on any atom is 0.241 e. The van der Waals surface area contributed by atoms with Crippen molar-refractivity contribution in [2.45, 2.75) is 17.9 Å². The Labute approximate surface area is 135 Å². The molecule has 1 heterocycles. The van der Waals surface area contributed by atoms with E-state index in [4.69, 9.17) is 4.74 Å². The van der Waals surface area contributed by atoms with Crippen LogP contribution in [-0.2, 0) is 14.8 Å². The highest BCUT2D eigenvalue weighted by Gasteiger charge is 2.21. The fourth-order valence-electron chi connectivity index (χ4n) is 1.87. The molecule has 0 aromatic heterocycles. The zero-order valence-corrected chi connectivity index (χ0v) is 14.9. The van der Waals surface area contributed by atoms with Crippen LogP contribution in [0.3, 0.4) is 0 Å². The molecule has 5 nitrogen and oxygen atoms in total. The van der Waals surface area contributed by atoms with Crippen LogP contribution in [0.5, 0.6) is 0 Å². The molecule has 0 aliphatic carbocycles. The molecule has 0 radical (unpaired) electrons. The number of halogens is 2. The number of ether oxygens (including phenoxy) is 1. The van der Waals surface area contributed by atoms with Crippen LogP contribution in [0.1, 0.15) is 5.56 Å². The molecule has 1 saturated heterocycles. The molecule has 0 spiro atoms. The van der Waals surface area contributed by atoms with Gasteiger partial charge in [-0.05, 0) is 40.5 Å². The summed E-state index contributed by atoms with van der Waals surface area (Å²) in [6.07, 6.45) is 0. The van der Waals surface area contributed by atoms with Crippen molar-refractivity contribution in [1.82, 2.24) is 10.0 Å². The quantitative estimate of drug-likeness (QED) is 0.768. The summed E-state index contributed by atoms with van der Waals surface area (Å²) in [5.41, 5.74) is 0.971. The second-order valence-corrected chi connectivity index (χ2v) is 8.05. The van der Waals surface area contributed by atoms with Crippen LogP contribution in [0.4, 0.5) is 0 Å². The predicted octanol–water partition coefficient (Wildman–Crippen LogP) is 1.79. The first-order valence-corrected chi connectivity index (χ1v) is 9.23. The highest BCUT2D eigenvalue weighted by Crippen LogP contribution is 2.28. The normalized spacial score (nSPS) is 20.1. The minimum atomic E-state index is -3.55. The third-order valence-corrected chi connectivity index (χ3v) is 6.26. The fourth-order valence-corrected chi connectivity index (χ4v) is 4.63. The Morgan fingerprint density at radius 2 is 2.15 bits per heavy atom. The van der Waals surface area contributed by atoms with Gasteiger partial charge in [0.25, 0.3) is 0 Å². The Morgan fingerprint density at radius 1 is 1.40 bits per heavy atom. The van der Waals surface area contributed by atoms with E-state index in [1.165, 1.54) is 0 Å². The highest BCUT2D eigenvalue weighted by molar-refractivity contribution is 9.11. The van der Waals surface area contributed by atoms with E-state index in [9.17, 15) is 8.42 Å². The summed E-state index contributed by atoms with van der Waals surface area (Å²) in [4.78, 5) is 0.228. The van der Waals surface area contributed by atoms with E-state index in [0.717, 1.165) is 16.6 Å². The fraction of sp³-hybridized carbons (Fsp3) is 0.500. The van der Waals surface area contributed by atoms with Gasteiger partial charge in [0.1, 0.15) is 0 Å². The summed E-state index contributed by atoms with van der Waals surface area (Å²) < 4.78 is 33.9. The lowest BCUT2D eigenvalue weighted by Gasteiger charge is -2.24. The molecule has 8 heteroatoms. The molecule has 1 atom stereocenters. The first-order valence-electron chi connectivity index (χ1n) is 6.16. The van der Waals surface area contributed by atoms with Crippen LogP contribution in [0.2, 0.25) is 0 Å². The monoisotopic (exact) mass is 426 g/mol. The molecule has 0 bridgehead atoms. The SMILES string of the molecule is Cc1cc(Br)c(S(=O)(=O)NCC2COCCN2)cc1Br. The van der Waals surface area contributed by atoms with Gasteiger partial charge in [-0.2, -0.15) is 0 Å². The predicted molar refractivity (Wildman–Crippen MR) is 84.4 cm³/mol. The first kappa shape index (κ1) is 16.4. The number of sulfonamides is 1. The maximum absolute atomic E-state index is 12.3. The van der Waals surface area contributed by atoms with Gasteiger partial charge in [0, 0.05) is 28.1 Å². The third kappa shape index (κ3) is 4.02. The number of morpholine rings is 1. The van der Waals surface area contributed by atoms with E-state index >= 15 is 0 Å². The Kier molecular flexibility index (Phi) is 5.61. The van der Waals surface area contributed by atoms with Crippen molar-refractivity contribution in [2.24, 2.45) is 0 Å². The number of rotatable bonds is 4. The van der Waals surface area contributed by atoms with Gasteiger partial charge in [0.05, 0.1) is 18.1 Å². The summed E-state index contributed by atoms with van der Waals surface area (Å²) in [6, 6.07) is 3.39. The largest absolute Gasteiger partial charge is 0.378 e. The molecule has 2 rings (SSSR count). The molecule has 1 aliphatic heterocycles. The van der Waals surface area contributed by atoms with E-state index in [1.807, 2.05) is 6.92 Å². The summed E-state index contributed by atoms with van der Waals surface area (Å²) in [5, 5.41) is 3.21. The van der Waals surface area contributed by atoms with Gasteiger partial charge in [-0.15, -0.1) is 0 Å². The van der Waals surface area contributed by atoms with Gasteiger partial charge in [-0.3, -0.25) is 0 Å². The van der Waals surface area contributed by atoms with Gasteiger partial charge in [-0.1, -0.05) is 15.9 Å². The van der Waals surface area contributed by atoms with E-state index in [-0.39, 0.29) is 10.9 Å². The number of benzene rings is 1. The molecule has 1 aliphatic rings. The Bertz CT molecular complexity index is 587. The number of aryl methyl sites for hydroxylation is 1. The summed E-state index contributed by atoms with van der Waals surface area (Å²) in [5.74, 6) is 0. The summed E-state index contributed by atoms with van der Waals surface area (Å²) in [7, 11) is -3.55. The van der Waals surface area contributed by atoms with Crippen molar-refractivity contribution in [2.75, 3.05) is 26.3 Å². The lowest BCUT2D eigenvalue weighted by molar-refractivity contribution is 0.0784. The molecular formula is C12H16Br2N2O3S. The number of hydrogen-bond acceptors (Lipinski definition) is 4. The standard InChI is InChI=1S/C12H16Br2N2O3S/c1-8-4-11(14)12(5-10(8)13)20(17,18)16-6-9-7-19-3-2-15-9/h4-5,9,15-16H,2-3,6-7H2,1H3. The van der Waals surface area contributed by atoms with E-state index in [1.54, 1.807) is 12.1 Å². The van der Waals surface area contributed by atoms with Gasteiger partial charge in [-0.25, -0.2) is 13.1 Å². The van der Waals surface area contributed by atoms with Crippen molar-refractivity contribution >= 4 is 41.9 Å². The molecule has 112 valence electrons. The topological polar surface area (TPSA) is 67.4 Å². The molecule has 0 amide bonds. The Hall–Kier alpha value is 0.01000. The number of nitrogens with one attached hydrogen (secondary N) is 2. The van der Waals surface area contributed by atoms with Crippen molar-refractivity contribution < 1.29 is 13.2 Å². The van der Waals surface area contributed by atoms with Crippen molar-refractivity contribution in [1.29, 1.82) is 0 Å². The van der Waals surface area contributed by atoms with E-state index in [0.29, 0.717) is 24.2 Å². The summed E-state index contributed by atoms with van der Waals surface area (Å²) >= 11 is 6.66.